The summed E-state index contributed by atoms with van der Waals surface area (Å²) in [5.74, 6) is -0.775. The molecule has 0 saturated heterocycles. The molecule has 1 unspecified atom stereocenters. The van der Waals surface area contributed by atoms with E-state index in [2.05, 4.69) is 6.92 Å². The van der Waals surface area contributed by atoms with E-state index in [1.165, 1.54) is 38.5 Å². The lowest BCUT2D eigenvalue weighted by molar-refractivity contribution is -0.152. The van der Waals surface area contributed by atoms with E-state index in [1.54, 1.807) is 6.92 Å². The fourth-order valence-electron chi connectivity index (χ4n) is 2.32. The highest BCUT2D eigenvalue weighted by Gasteiger charge is 2.44. The smallest absolute Gasteiger partial charge is 0.311 e. The zero-order chi connectivity index (χ0) is 14.9. The Bertz CT molecular complexity index is 261. The molecule has 0 aliphatic heterocycles. The first-order valence-electron chi connectivity index (χ1n) is 7.78. The summed E-state index contributed by atoms with van der Waals surface area (Å²) in [7, 11) is 0. The summed E-state index contributed by atoms with van der Waals surface area (Å²) >= 11 is 0. The Morgan fingerprint density at radius 1 is 0.950 bits per heavy atom. The third-order valence-electron chi connectivity index (χ3n) is 4.42. The topological polar surface area (TPSA) is 94.8 Å². The summed E-state index contributed by atoms with van der Waals surface area (Å²) in [5, 5.41) is 9.39. The lowest BCUT2D eigenvalue weighted by Gasteiger charge is -2.38. The van der Waals surface area contributed by atoms with Gasteiger partial charge in [0.25, 0.3) is 0 Å². The van der Waals surface area contributed by atoms with Crippen LogP contribution in [0.1, 0.15) is 85.5 Å². The van der Waals surface area contributed by atoms with Crippen molar-refractivity contribution in [3.05, 3.63) is 0 Å². The van der Waals surface area contributed by atoms with Gasteiger partial charge in [0.05, 0.1) is 5.41 Å². The lowest BCUT2D eigenvalue weighted by Crippen LogP contribution is -2.53. The second-order valence-electron chi connectivity index (χ2n) is 6.58. The van der Waals surface area contributed by atoms with Crippen molar-refractivity contribution in [3.63, 3.8) is 0 Å². The molecule has 4 heteroatoms. The standard InChI is InChI=1S/C16H33NO2.H2O/c1-5-6-7-8-9-10-11-12-13-16(4,14(18)19)15(2,3)17;/h5-13,17H2,1-4H3,(H,18,19);1H2. The monoisotopic (exact) mass is 289 g/mol. The first-order valence-corrected chi connectivity index (χ1v) is 7.78. The fourth-order valence-corrected chi connectivity index (χ4v) is 2.32. The molecule has 0 aliphatic carbocycles. The van der Waals surface area contributed by atoms with Crippen LogP contribution in [0.5, 0.6) is 0 Å². The van der Waals surface area contributed by atoms with Gasteiger partial charge in [-0.1, -0.05) is 58.3 Å². The van der Waals surface area contributed by atoms with Crippen LogP contribution in [0, 0.1) is 5.41 Å². The number of aliphatic carboxylic acids is 1. The van der Waals surface area contributed by atoms with Gasteiger partial charge in [-0.2, -0.15) is 0 Å². The van der Waals surface area contributed by atoms with Gasteiger partial charge in [-0.3, -0.25) is 4.79 Å². The van der Waals surface area contributed by atoms with Crippen LogP contribution in [-0.4, -0.2) is 22.1 Å². The van der Waals surface area contributed by atoms with Gasteiger partial charge in [-0.15, -0.1) is 0 Å². The molecule has 0 heterocycles. The average Bonchev–Trinajstić information content (AvgIpc) is 2.30. The molecule has 0 aromatic rings. The molecule has 20 heavy (non-hydrogen) atoms. The maximum atomic E-state index is 11.4. The van der Waals surface area contributed by atoms with E-state index in [0.29, 0.717) is 6.42 Å². The van der Waals surface area contributed by atoms with E-state index in [1.807, 2.05) is 13.8 Å². The molecular weight excluding hydrogens is 254 g/mol. The Hall–Kier alpha value is -0.610. The SMILES string of the molecule is CCCCCCCCCCC(C)(C(=O)O)C(C)(C)N.O. The van der Waals surface area contributed by atoms with Gasteiger partial charge in [0.1, 0.15) is 0 Å². The fraction of sp³-hybridized carbons (Fsp3) is 0.938. The molecule has 0 radical (unpaired) electrons. The zero-order valence-corrected chi connectivity index (χ0v) is 13.8. The molecule has 4 nitrogen and oxygen atoms in total. The third-order valence-corrected chi connectivity index (χ3v) is 4.42. The maximum Gasteiger partial charge on any atom is 0.311 e. The van der Waals surface area contributed by atoms with Crippen molar-refractivity contribution in [2.45, 2.75) is 91.0 Å². The first-order chi connectivity index (χ1) is 8.75. The van der Waals surface area contributed by atoms with Crippen LogP contribution >= 0.6 is 0 Å². The van der Waals surface area contributed by atoms with Gasteiger partial charge in [-0.25, -0.2) is 0 Å². The number of carboxylic acids is 1. The van der Waals surface area contributed by atoms with Gasteiger partial charge in [-0.05, 0) is 27.2 Å². The number of hydrogen-bond acceptors (Lipinski definition) is 2. The second kappa shape index (κ2) is 10.2. The number of carboxylic acid groups (broad SMARTS) is 1. The van der Waals surface area contributed by atoms with E-state index in [4.69, 9.17) is 5.73 Å². The predicted octanol–water partition coefficient (Wildman–Crippen LogP) is 3.52. The molecule has 0 rings (SSSR count). The Kier molecular flexibility index (Phi) is 11.0. The zero-order valence-electron chi connectivity index (χ0n) is 13.8. The number of nitrogens with two attached hydrogens (primary N) is 1. The minimum Gasteiger partial charge on any atom is -0.481 e. The van der Waals surface area contributed by atoms with Crippen LogP contribution in [0.2, 0.25) is 0 Å². The van der Waals surface area contributed by atoms with Crippen LogP contribution in [0.15, 0.2) is 0 Å². The van der Waals surface area contributed by atoms with Crippen molar-refractivity contribution in [3.8, 4) is 0 Å². The van der Waals surface area contributed by atoms with Gasteiger partial charge in [0, 0.05) is 5.54 Å². The van der Waals surface area contributed by atoms with E-state index in [0.717, 1.165) is 12.8 Å². The molecule has 0 saturated carbocycles. The molecule has 0 bridgehead atoms. The number of unbranched alkanes of at least 4 members (excludes halogenated alkanes) is 7. The van der Waals surface area contributed by atoms with Gasteiger partial charge >= 0.3 is 5.97 Å². The van der Waals surface area contributed by atoms with Gasteiger partial charge in [0.2, 0.25) is 0 Å². The molecular formula is C16H35NO3. The molecule has 122 valence electrons. The molecule has 1 atom stereocenters. The van der Waals surface area contributed by atoms with Crippen molar-refractivity contribution in [1.29, 1.82) is 0 Å². The normalized spacial score (nSPS) is 14.4. The van der Waals surface area contributed by atoms with Crippen molar-refractivity contribution in [2.75, 3.05) is 0 Å². The molecule has 0 aliphatic rings. The molecule has 0 spiro atoms. The quantitative estimate of drug-likeness (QED) is 0.570. The minimum absolute atomic E-state index is 0. The minimum atomic E-state index is -0.824. The highest BCUT2D eigenvalue weighted by atomic mass is 16.4. The van der Waals surface area contributed by atoms with Crippen LogP contribution in [0.4, 0.5) is 0 Å². The number of carbonyl (C=O) groups is 1. The van der Waals surface area contributed by atoms with Crippen LogP contribution < -0.4 is 5.73 Å². The summed E-state index contributed by atoms with van der Waals surface area (Å²) in [5.41, 5.74) is 4.53. The Morgan fingerprint density at radius 3 is 1.70 bits per heavy atom. The molecule has 0 aromatic carbocycles. The van der Waals surface area contributed by atoms with Gasteiger partial charge < -0.3 is 16.3 Å². The third kappa shape index (κ3) is 7.25. The second-order valence-corrected chi connectivity index (χ2v) is 6.58. The van der Waals surface area contributed by atoms with Crippen LogP contribution in [0.3, 0.4) is 0 Å². The summed E-state index contributed by atoms with van der Waals surface area (Å²) in [6, 6.07) is 0. The van der Waals surface area contributed by atoms with E-state index in [-0.39, 0.29) is 5.48 Å². The molecule has 5 N–H and O–H groups in total. The highest BCUT2D eigenvalue weighted by Crippen LogP contribution is 2.35. The lowest BCUT2D eigenvalue weighted by atomic mass is 9.70. The number of rotatable bonds is 11. The Morgan fingerprint density at radius 2 is 1.35 bits per heavy atom. The molecule has 0 aromatic heterocycles. The summed E-state index contributed by atoms with van der Waals surface area (Å²) < 4.78 is 0. The Labute approximate surface area is 124 Å². The molecule has 0 fully saturated rings. The first kappa shape index (κ1) is 21.7. The summed E-state index contributed by atoms with van der Waals surface area (Å²) in [6.45, 7) is 7.62. The number of hydrogen-bond donors (Lipinski definition) is 2. The molecule has 0 amide bonds. The van der Waals surface area contributed by atoms with E-state index >= 15 is 0 Å². The van der Waals surface area contributed by atoms with Crippen molar-refractivity contribution < 1.29 is 15.4 Å². The van der Waals surface area contributed by atoms with Gasteiger partial charge in [0.15, 0.2) is 0 Å². The van der Waals surface area contributed by atoms with Crippen LogP contribution in [0.25, 0.3) is 0 Å². The van der Waals surface area contributed by atoms with Crippen molar-refractivity contribution >= 4 is 5.97 Å². The van der Waals surface area contributed by atoms with Crippen LogP contribution in [-0.2, 0) is 4.79 Å². The van der Waals surface area contributed by atoms with Crippen molar-refractivity contribution in [2.24, 2.45) is 11.1 Å². The average molecular weight is 289 g/mol. The highest BCUT2D eigenvalue weighted by molar-refractivity contribution is 5.75. The maximum absolute atomic E-state index is 11.4. The van der Waals surface area contributed by atoms with Crippen molar-refractivity contribution in [1.82, 2.24) is 0 Å². The Balaban J connectivity index is 0. The predicted molar refractivity (Wildman–Crippen MR) is 84.9 cm³/mol. The largest absolute Gasteiger partial charge is 0.481 e. The summed E-state index contributed by atoms with van der Waals surface area (Å²) in [6.07, 6.45) is 10.5. The van der Waals surface area contributed by atoms with E-state index in [9.17, 15) is 9.90 Å². The summed E-state index contributed by atoms with van der Waals surface area (Å²) in [4.78, 5) is 11.4. The van der Waals surface area contributed by atoms with E-state index < -0.39 is 16.9 Å².